The van der Waals surface area contributed by atoms with Gasteiger partial charge in [0.05, 0.1) is 10.5 Å². The lowest BCUT2D eigenvalue weighted by Crippen LogP contribution is -1.96. The van der Waals surface area contributed by atoms with E-state index in [2.05, 4.69) is 0 Å². The molecule has 0 saturated heterocycles. The third kappa shape index (κ3) is 3.37. The maximum absolute atomic E-state index is 14.3. The van der Waals surface area contributed by atoms with Crippen molar-refractivity contribution in [2.45, 2.75) is 11.8 Å². The highest BCUT2D eigenvalue weighted by Gasteiger charge is 2.19. The van der Waals surface area contributed by atoms with Crippen molar-refractivity contribution in [3.8, 4) is 5.40 Å². The summed E-state index contributed by atoms with van der Waals surface area (Å²) in [4.78, 5) is -0.526. The fraction of sp³-hybridized carbons (Fsp3) is 0.0625. The van der Waals surface area contributed by atoms with Crippen LogP contribution in [-0.2, 0) is 0 Å². The molecule has 23 heavy (non-hydrogen) atoms. The zero-order valence-electron chi connectivity index (χ0n) is 11.6. The van der Waals surface area contributed by atoms with E-state index in [4.69, 9.17) is 5.26 Å². The SMILES string of the molecule is C/C(=C(/F)c1c(F)cccc1F)c1cc(F)c(SC#N)c(F)c1. The monoisotopic (exact) mass is 341 g/mol. The Morgan fingerprint density at radius 2 is 1.52 bits per heavy atom. The normalized spacial score (nSPS) is 11.9. The van der Waals surface area contributed by atoms with E-state index in [1.807, 2.05) is 0 Å². The smallest absolute Gasteiger partial charge is 0.141 e. The number of allylic oxidation sites excluding steroid dienone is 1. The molecule has 0 aliphatic rings. The molecule has 0 fully saturated rings. The summed E-state index contributed by atoms with van der Waals surface area (Å²) in [5.74, 6) is -5.64. The van der Waals surface area contributed by atoms with Gasteiger partial charge in [-0.25, -0.2) is 22.0 Å². The van der Waals surface area contributed by atoms with E-state index in [-0.39, 0.29) is 22.9 Å². The lowest BCUT2D eigenvalue weighted by molar-refractivity contribution is 0.540. The molecule has 118 valence electrons. The summed E-state index contributed by atoms with van der Waals surface area (Å²) in [6.07, 6.45) is 0. The van der Waals surface area contributed by atoms with Crippen LogP contribution in [0.2, 0.25) is 0 Å². The lowest BCUT2D eigenvalue weighted by Gasteiger charge is -2.09. The van der Waals surface area contributed by atoms with Crippen molar-refractivity contribution in [1.82, 2.24) is 0 Å². The van der Waals surface area contributed by atoms with Crippen molar-refractivity contribution in [2.75, 3.05) is 0 Å². The number of benzene rings is 2. The van der Waals surface area contributed by atoms with Crippen molar-refractivity contribution >= 4 is 23.2 Å². The van der Waals surface area contributed by atoms with E-state index in [1.54, 1.807) is 0 Å². The maximum Gasteiger partial charge on any atom is 0.141 e. The number of nitrogens with zero attached hydrogens (tertiary/aromatic N) is 1. The minimum atomic E-state index is -1.26. The van der Waals surface area contributed by atoms with Crippen molar-refractivity contribution in [3.05, 3.63) is 64.7 Å². The Morgan fingerprint density at radius 3 is 2.00 bits per heavy atom. The van der Waals surface area contributed by atoms with E-state index >= 15 is 0 Å². The molecule has 0 bridgehead atoms. The Kier molecular flexibility index (Phi) is 5.06. The number of thiocyanates is 1. The molecule has 0 aromatic heterocycles. The molecule has 2 rings (SSSR count). The van der Waals surface area contributed by atoms with Crippen LogP contribution in [0.4, 0.5) is 22.0 Å². The van der Waals surface area contributed by atoms with E-state index in [0.717, 1.165) is 37.3 Å². The summed E-state index contributed by atoms with van der Waals surface area (Å²) in [5.41, 5.74) is -1.45. The van der Waals surface area contributed by atoms with Crippen molar-refractivity contribution in [3.63, 3.8) is 0 Å². The van der Waals surface area contributed by atoms with Crippen molar-refractivity contribution < 1.29 is 22.0 Å². The first-order valence-electron chi connectivity index (χ1n) is 6.23. The van der Waals surface area contributed by atoms with E-state index in [9.17, 15) is 22.0 Å². The van der Waals surface area contributed by atoms with E-state index in [1.165, 1.54) is 5.40 Å². The summed E-state index contributed by atoms with van der Waals surface area (Å²) in [7, 11) is 0. The first kappa shape index (κ1) is 17.0. The second-order valence-electron chi connectivity index (χ2n) is 4.50. The Hall–Kier alpha value is -2.33. The van der Waals surface area contributed by atoms with E-state index < -0.39 is 39.6 Å². The highest BCUT2D eigenvalue weighted by atomic mass is 32.2. The van der Waals surface area contributed by atoms with Gasteiger partial charge in [0.25, 0.3) is 0 Å². The van der Waals surface area contributed by atoms with Gasteiger partial charge in [-0.1, -0.05) is 6.07 Å². The average molecular weight is 341 g/mol. The van der Waals surface area contributed by atoms with Crippen molar-refractivity contribution in [1.29, 1.82) is 5.26 Å². The molecule has 0 spiro atoms. The molecule has 0 unspecified atom stereocenters. The standard InChI is InChI=1S/C16H8F5NS/c1-8(15(21)14-10(17)3-2-4-11(14)18)9-5-12(19)16(23-7-22)13(20)6-9/h2-6H,1H3/b15-8-. The van der Waals surface area contributed by atoms with Crippen LogP contribution in [-0.4, -0.2) is 0 Å². The summed E-state index contributed by atoms with van der Waals surface area (Å²) in [6.45, 7) is 1.15. The van der Waals surface area contributed by atoms with Gasteiger partial charge in [0.15, 0.2) is 0 Å². The molecule has 0 N–H and O–H groups in total. The van der Waals surface area contributed by atoms with Crippen LogP contribution in [0.1, 0.15) is 18.1 Å². The second kappa shape index (κ2) is 6.84. The van der Waals surface area contributed by atoms with Gasteiger partial charge in [-0.15, -0.1) is 0 Å². The van der Waals surface area contributed by atoms with Gasteiger partial charge in [-0.05, 0) is 54.1 Å². The predicted octanol–water partition coefficient (Wildman–Crippen LogP) is 5.67. The second-order valence-corrected chi connectivity index (χ2v) is 5.29. The van der Waals surface area contributed by atoms with Crippen LogP contribution in [0.3, 0.4) is 0 Å². The molecule has 0 atom stereocenters. The first-order chi connectivity index (χ1) is 10.9. The zero-order valence-corrected chi connectivity index (χ0v) is 12.4. The van der Waals surface area contributed by atoms with Gasteiger partial charge in [-0.2, -0.15) is 5.26 Å². The molecule has 2 aromatic carbocycles. The maximum atomic E-state index is 14.3. The van der Waals surface area contributed by atoms with Crippen LogP contribution >= 0.6 is 11.8 Å². The highest BCUT2D eigenvalue weighted by molar-refractivity contribution is 8.03. The Morgan fingerprint density at radius 1 is 1.00 bits per heavy atom. The number of nitriles is 1. The fourth-order valence-electron chi connectivity index (χ4n) is 1.94. The van der Waals surface area contributed by atoms with Crippen LogP contribution in [0, 0.1) is 33.9 Å². The quantitative estimate of drug-likeness (QED) is 0.311. The Bertz CT molecular complexity index is 796. The molecule has 0 aliphatic carbocycles. The third-order valence-corrected chi connectivity index (χ3v) is 3.78. The molecule has 2 aromatic rings. The molecule has 0 heterocycles. The number of rotatable bonds is 3. The van der Waals surface area contributed by atoms with Gasteiger partial charge in [0.1, 0.15) is 34.5 Å². The van der Waals surface area contributed by atoms with Gasteiger partial charge >= 0.3 is 0 Å². The summed E-state index contributed by atoms with van der Waals surface area (Å²) in [5, 5.41) is 10.0. The topological polar surface area (TPSA) is 23.8 Å². The Balaban J connectivity index is 2.60. The minimum Gasteiger partial charge on any atom is -0.206 e. The summed E-state index contributed by atoms with van der Waals surface area (Å²) >= 11 is 0.284. The highest BCUT2D eigenvalue weighted by Crippen LogP contribution is 2.33. The van der Waals surface area contributed by atoms with Gasteiger partial charge < -0.3 is 0 Å². The average Bonchev–Trinajstić information content (AvgIpc) is 2.49. The molecule has 1 nitrogen and oxygen atoms in total. The zero-order chi connectivity index (χ0) is 17.1. The summed E-state index contributed by atoms with van der Waals surface area (Å²) < 4.78 is 69.1. The molecular formula is C16H8F5NS. The number of hydrogen-bond donors (Lipinski definition) is 0. The minimum absolute atomic E-state index is 0.220. The van der Waals surface area contributed by atoms with Crippen molar-refractivity contribution in [2.24, 2.45) is 0 Å². The molecular weight excluding hydrogens is 333 g/mol. The van der Waals surface area contributed by atoms with E-state index in [0.29, 0.717) is 0 Å². The molecule has 0 saturated carbocycles. The van der Waals surface area contributed by atoms with Crippen LogP contribution in [0.25, 0.3) is 11.4 Å². The first-order valence-corrected chi connectivity index (χ1v) is 7.04. The molecule has 0 aliphatic heterocycles. The number of halogens is 5. The van der Waals surface area contributed by atoms with Crippen LogP contribution in [0.15, 0.2) is 35.2 Å². The molecule has 7 heteroatoms. The predicted molar refractivity (Wildman–Crippen MR) is 77.8 cm³/mol. The number of thioether (sulfide) groups is 1. The van der Waals surface area contributed by atoms with Crippen LogP contribution < -0.4 is 0 Å². The third-order valence-electron chi connectivity index (χ3n) is 3.09. The largest absolute Gasteiger partial charge is 0.206 e. The number of hydrogen-bond acceptors (Lipinski definition) is 2. The van der Waals surface area contributed by atoms with Gasteiger partial charge in [0, 0.05) is 0 Å². The summed E-state index contributed by atoms with van der Waals surface area (Å²) in [6, 6.07) is 4.43. The lowest BCUT2D eigenvalue weighted by atomic mass is 10.0. The molecule has 0 amide bonds. The molecule has 0 radical (unpaired) electrons. The van der Waals surface area contributed by atoms with Crippen LogP contribution in [0.5, 0.6) is 0 Å². The Labute approximate surface area is 133 Å². The fourth-order valence-corrected chi connectivity index (χ4v) is 2.35. The van der Waals surface area contributed by atoms with Gasteiger partial charge in [-0.3, -0.25) is 0 Å². The van der Waals surface area contributed by atoms with Gasteiger partial charge in [0.2, 0.25) is 0 Å².